The maximum Gasteiger partial charge on any atom is 0.323 e. The standard InChI is InChI=1S/C9H18N2O4/c1-3-11(5-4-6-12)9(15)10(2)7-8(13)14/h12H,3-7H2,1-2H3,(H,13,14). The molecule has 6 heteroatoms. The number of hydrogen-bond acceptors (Lipinski definition) is 3. The van der Waals surface area contributed by atoms with Gasteiger partial charge in [-0.2, -0.15) is 0 Å². The Morgan fingerprint density at radius 1 is 1.33 bits per heavy atom. The maximum absolute atomic E-state index is 11.6. The van der Waals surface area contributed by atoms with E-state index in [4.69, 9.17) is 10.2 Å². The molecular formula is C9H18N2O4. The van der Waals surface area contributed by atoms with Gasteiger partial charge in [0.25, 0.3) is 0 Å². The minimum absolute atomic E-state index is 0.0203. The van der Waals surface area contributed by atoms with E-state index in [1.54, 1.807) is 0 Å². The van der Waals surface area contributed by atoms with Crippen molar-refractivity contribution in [3.63, 3.8) is 0 Å². The number of carboxylic acids is 1. The van der Waals surface area contributed by atoms with Crippen molar-refractivity contribution in [3.05, 3.63) is 0 Å². The van der Waals surface area contributed by atoms with Crippen LogP contribution in [0.15, 0.2) is 0 Å². The molecule has 0 spiro atoms. The first-order chi connectivity index (χ1) is 7.02. The van der Waals surface area contributed by atoms with Crippen LogP contribution in [0.3, 0.4) is 0 Å². The van der Waals surface area contributed by atoms with Crippen molar-refractivity contribution < 1.29 is 19.8 Å². The van der Waals surface area contributed by atoms with Crippen LogP contribution < -0.4 is 0 Å². The van der Waals surface area contributed by atoms with Crippen molar-refractivity contribution in [1.82, 2.24) is 9.80 Å². The molecule has 0 aromatic carbocycles. The molecule has 15 heavy (non-hydrogen) atoms. The van der Waals surface area contributed by atoms with E-state index in [9.17, 15) is 9.59 Å². The average molecular weight is 218 g/mol. The second kappa shape index (κ2) is 7.05. The first-order valence-electron chi connectivity index (χ1n) is 4.85. The number of aliphatic hydroxyl groups is 1. The number of hydrogen-bond donors (Lipinski definition) is 2. The number of carbonyl (C=O) groups is 2. The summed E-state index contributed by atoms with van der Waals surface area (Å²) in [6.45, 7) is 2.46. The van der Waals surface area contributed by atoms with Gasteiger partial charge in [0.05, 0.1) is 0 Å². The lowest BCUT2D eigenvalue weighted by Crippen LogP contribution is -2.43. The summed E-state index contributed by atoms with van der Waals surface area (Å²) in [7, 11) is 1.44. The highest BCUT2D eigenvalue weighted by Gasteiger charge is 2.17. The minimum Gasteiger partial charge on any atom is -0.480 e. The molecule has 2 amide bonds. The fourth-order valence-corrected chi connectivity index (χ4v) is 1.16. The Morgan fingerprint density at radius 3 is 2.33 bits per heavy atom. The second-order valence-corrected chi connectivity index (χ2v) is 3.19. The molecule has 0 aliphatic rings. The fourth-order valence-electron chi connectivity index (χ4n) is 1.16. The van der Waals surface area contributed by atoms with Crippen LogP contribution in [-0.4, -0.2) is 65.3 Å². The van der Waals surface area contributed by atoms with Crippen molar-refractivity contribution in [3.8, 4) is 0 Å². The molecule has 0 aromatic rings. The molecule has 2 N–H and O–H groups in total. The predicted octanol–water partition coefficient (Wildman–Crippen LogP) is -0.173. The molecule has 0 unspecified atom stereocenters. The highest BCUT2D eigenvalue weighted by atomic mass is 16.4. The SMILES string of the molecule is CCN(CCCO)C(=O)N(C)CC(=O)O. The van der Waals surface area contributed by atoms with Crippen molar-refractivity contribution >= 4 is 12.0 Å². The quantitative estimate of drug-likeness (QED) is 0.648. The molecule has 0 radical (unpaired) electrons. The van der Waals surface area contributed by atoms with E-state index in [0.29, 0.717) is 19.5 Å². The van der Waals surface area contributed by atoms with Gasteiger partial charge in [-0.3, -0.25) is 4.79 Å². The van der Waals surface area contributed by atoms with Crippen LogP contribution in [0.2, 0.25) is 0 Å². The molecule has 0 rings (SSSR count). The molecule has 0 saturated carbocycles. The number of likely N-dealkylation sites (N-methyl/N-ethyl adjacent to an activating group) is 1. The van der Waals surface area contributed by atoms with Gasteiger partial charge >= 0.3 is 12.0 Å². The number of carbonyl (C=O) groups excluding carboxylic acids is 1. The number of urea groups is 1. The predicted molar refractivity (Wildman–Crippen MR) is 54.6 cm³/mol. The number of aliphatic hydroxyl groups excluding tert-OH is 1. The van der Waals surface area contributed by atoms with Gasteiger partial charge < -0.3 is 20.0 Å². The highest BCUT2D eigenvalue weighted by molar-refractivity contribution is 5.79. The summed E-state index contributed by atoms with van der Waals surface area (Å²) < 4.78 is 0. The van der Waals surface area contributed by atoms with E-state index in [1.165, 1.54) is 11.9 Å². The monoisotopic (exact) mass is 218 g/mol. The maximum atomic E-state index is 11.6. The Morgan fingerprint density at radius 2 is 1.93 bits per heavy atom. The summed E-state index contributed by atoms with van der Waals surface area (Å²) in [6, 6.07) is -0.326. The molecule has 0 bridgehead atoms. The van der Waals surface area contributed by atoms with E-state index in [0.717, 1.165) is 4.90 Å². The number of nitrogens with zero attached hydrogens (tertiary/aromatic N) is 2. The van der Waals surface area contributed by atoms with Gasteiger partial charge in [0.2, 0.25) is 0 Å². The number of carboxylic acid groups (broad SMARTS) is 1. The van der Waals surface area contributed by atoms with Crippen LogP contribution in [0.1, 0.15) is 13.3 Å². The Kier molecular flexibility index (Phi) is 6.44. The van der Waals surface area contributed by atoms with Crippen LogP contribution in [0, 0.1) is 0 Å². The number of rotatable bonds is 6. The second-order valence-electron chi connectivity index (χ2n) is 3.19. The van der Waals surface area contributed by atoms with E-state index < -0.39 is 5.97 Å². The third-order valence-electron chi connectivity index (χ3n) is 1.94. The van der Waals surface area contributed by atoms with Gasteiger partial charge in [-0.25, -0.2) is 4.79 Å². The summed E-state index contributed by atoms with van der Waals surface area (Å²) >= 11 is 0. The topological polar surface area (TPSA) is 81.1 Å². The molecule has 0 atom stereocenters. The molecule has 6 nitrogen and oxygen atoms in total. The van der Waals surface area contributed by atoms with Gasteiger partial charge in [0, 0.05) is 26.7 Å². The molecule has 0 aliphatic carbocycles. The third kappa shape index (κ3) is 5.21. The minimum atomic E-state index is -1.04. The molecule has 0 aromatic heterocycles. The lowest BCUT2D eigenvalue weighted by atomic mass is 10.4. The van der Waals surface area contributed by atoms with Crippen molar-refractivity contribution in [2.24, 2.45) is 0 Å². The zero-order valence-electron chi connectivity index (χ0n) is 9.14. The Hall–Kier alpha value is -1.30. The summed E-state index contributed by atoms with van der Waals surface area (Å²) in [5.74, 6) is -1.04. The van der Waals surface area contributed by atoms with Gasteiger partial charge in [-0.1, -0.05) is 0 Å². The first-order valence-corrected chi connectivity index (χ1v) is 4.85. The molecule has 0 heterocycles. The van der Waals surface area contributed by atoms with Crippen LogP contribution in [0.25, 0.3) is 0 Å². The molecule has 0 saturated heterocycles. The Balaban J connectivity index is 4.17. The van der Waals surface area contributed by atoms with Crippen LogP contribution in [0.5, 0.6) is 0 Å². The molecule has 0 aliphatic heterocycles. The van der Waals surface area contributed by atoms with E-state index in [-0.39, 0.29) is 19.2 Å². The summed E-state index contributed by atoms with van der Waals surface area (Å²) in [4.78, 5) is 24.7. The Labute approximate surface area is 89.1 Å². The first kappa shape index (κ1) is 13.7. The van der Waals surface area contributed by atoms with Crippen molar-refractivity contribution in [2.45, 2.75) is 13.3 Å². The number of amides is 2. The average Bonchev–Trinajstić information content (AvgIpc) is 2.17. The van der Waals surface area contributed by atoms with E-state index >= 15 is 0 Å². The lowest BCUT2D eigenvalue weighted by molar-refractivity contribution is -0.137. The fraction of sp³-hybridized carbons (Fsp3) is 0.778. The van der Waals surface area contributed by atoms with Gasteiger partial charge in [0.1, 0.15) is 6.54 Å². The van der Waals surface area contributed by atoms with Crippen LogP contribution in [-0.2, 0) is 4.79 Å². The van der Waals surface area contributed by atoms with E-state index in [2.05, 4.69) is 0 Å². The van der Waals surface area contributed by atoms with Crippen LogP contribution in [0.4, 0.5) is 4.79 Å². The largest absolute Gasteiger partial charge is 0.480 e. The van der Waals surface area contributed by atoms with Crippen molar-refractivity contribution in [1.29, 1.82) is 0 Å². The van der Waals surface area contributed by atoms with Gasteiger partial charge in [0.15, 0.2) is 0 Å². The normalized spacial score (nSPS) is 9.80. The smallest absolute Gasteiger partial charge is 0.323 e. The lowest BCUT2D eigenvalue weighted by Gasteiger charge is -2.25. The zero-order chi connectivity index (χ0) is 11.8. The molecular weight excluding hydrogens is 200 g/mol. The summed E-state index contributed by atoms with van der Waals surface area (Å²) in [6.07, 6.45) is 0.500. The van der Waals surface area contributed by atoms with Gasteiger partial charge in [-0.15, -0.1) is 0 Å². The third-order valence-corrected chi connectivity index (χ3v) is 1.94. The van der Waals surface area contributed by atoms with E-state index in [1.807, 2.05) is 6.92 Å². The summed E-state index contributed by atoms with van der Waals surface area (Å²) in [5.41, 5.74) is 0. The Bertz CT molecular complexity index is 220. The molecule has 0 fully saturated rings. The van der Waals surface area contributed by atoms with Crippen molar-refractivity contribution in [2.75, 3.05) is 33.3 Å². The summed E-state index contributed by atoms with van der Waals surface area (Å²) in [5, 5.41) is 17.1. The number of aliphatic carboxylic acids is 1. The molecule has 88 valence electrons. The highest BCUT2D eigenvalue weighted by Crippen LogP contribution is 1.98. The van der Waals surface area contributed by atoms with Gasteiger partial charge in [-0.05, 0) is 13.3 Å². The van der Waals surface area contributed by atoms with Crippen LogP contribution >= 0.6 is 0 Å². The zero-order valence-corrected chi connectivity index (χ0v) is 9.14.